The molecule has 0 fully saturated rings. The van der Waals surface area contributed by atoms with Crippen LogP contribution in [0.3, 0.4) is 0 Å². The quantitative estimate of drug-likeness (QED) is 0.735. The van der Waals surface area contributed by atoms with E-state index in [9.17, 15) is 0 Å². The fourth-order valence-corrected chi connectivity index (χ4v) is 1.72. The number of para-hydroxylation sites is 2. The fourth-order valence-electron chi connectivity index (χ4n) is 1.72. The molecule has 19 heavy (non-hydrogen) atoms. The Kier molecular flexibility index (Phi) is 3.19. The Morgan fingerprint density at radius 2 is 1.21 bits per heavy atom. The first kappa shape index (κ1) is 11.4. The third-order valence-electron chi connectivity index (χ3n) is 2.61. The number of nitrogens with one attached hydrogen (secondary N) is 1. The van der Waals surface area contributed by atoms with E-state index in [1.807, 2.05) is 66.7 Å². The maximum Gasteiger partial charge on any atom is 0.240 e. The van der Waals surface area contributed by atoms with Gasteiger partial charge in [-0.15, -0.1) is 0 Å². The number of aromatic nitrogens is 1. The van der Waals surface area contributed by atoms with Gasteiger partial charge in [-0.25, -0.2) is 0 Å². The minimum atomic E-state index is 0.593. The van der Waals surface area contributed by atoms with Gasteiger partial charge in [0.05, 0.1) is 0 Å². The number of benzene rings is 2. The van der Waals surface area contributed by atoms with Gasteiger partial charge in [0.25, 0.3) is 0 Å². The van der Waals surface area contributed by atoms with Crippen LogP contribution < -0.4 is 9.47 Å². The summed E-state index contributed by atoms with van der Waals surface area (Å²) in [5.41, 5.74) is 0. The molecule has 0 amide bonds. The molecule has 3 aromatic rings. The van der Waals surface area contributed by atoms with E-state index in [4.69, 9.17) is 9.47 Å². The summed E-state index contributed by atoms with van der Waals surface area (Å²) in [6.45, 7) is 0. The molecule has 0 radical (unpaired) electrons. The van der Waals surface area contributed by atoms with Crippen LogP contribution in [0.4, 0.5) is 0 Å². The number of aromatic amines is 1. The molecule has 1 N–H and O–H groups in total. The van der Waals surface area contributed by atoms with Gasteiger partial charge in [-0.3, -0.25) is 0 Å². The maximum atomic E-state index is 5.77. The molecule has 0 saturated heterocycles. The molecule has 0 atom stereocenters. The zero-order valence-corrected chi connectivity index (χ0v) is 10.2. The number of ether oxygens (including phenoxy) is 2. The van der Waals surface area contributed by atoms with Gasteiger partial charge in [0, 0.05) is 12.3 Å². The summed E-state index contributed by atoms with van der Waals surface area (Å²) in [6, 6.07) is 21.0. The molecule has 3 rings (SSSR count). The van der Waals surface area contributed by atoms with Gasteiger partial charge in [-0.1, -0.05) is 36.4 Å². The van der Waals surface area contributed by atoms with E-state index in [-0.39, 0.29) is 0 Å². The molecule has 94 valence electrons. The van der Waals surface area contributed by atoms with E-state index in [1.54, 1.807) is 6.20 Å². The highest BCUT2D eigenvalue weighted by Crippen LogP contribution is 2.33. The molecule has 0 saturated carbocycles. The summed E-state index contributed by atoms with van der Waals surface area (Å²) in [6.07, 6.45) is 1.79. The highest BCUT2D eigenvalue weighted by molar-refractivity contribution is 5.41. The average Bonchev–Trinajstić information content (AvgIpc) is 2.88. The van der Waals surface area contributed by atoms with Gasteiger partial charge < -0.3 is 14.5 Å². The SMILES string of the molecule is c1ccc(Oc2cc[nH]c2Oc2ccccc2)cc1. The Balaban J connectivity index is 1.79. The van der Waals surface area contributed by atoms with Crippen molar-refractivity contribution in [3.63, 3.8) is 0 Å². The van der Waals surface area contributed by atoms with Crippen molar-refractivity contribution in [1.82, 2.24) is 4.98 Å². The third kappa shape index (κ3) is 2.77. The summed E-state index contributed by atoms with van der Waals surface area (Å²) in [5.74, 6) is 2.80. The summed E-state index contributed by atoms with van der Waals surface area (Å²) in [7, 11) is 0. The second-order valence-corrected chi connectivity index (χ2v) is 4.00. The predicted octanol–water partition coefficient (Wildman–Crippen LogP) is 4.60. The van der Waals surface area contributed by atoms with Gasteiger partial charge >= 0.3 is 0 Å². The van der Waals surface area contributed by atoms with Crippen LogP contribution in [0.2, 0.25) is 0 Å². The van der Waals surface area contributed by atoms with Crippen molar-refractivity contribution >= 4 is 0 Å². The van der Waals surface area contributed by atoms with Crippen molar-refractivity contribution in [3.05, 3.63) is 72.9 Å². The Hall–Kier alpha value is -2.68. The van der Waals surface area contributed by atoms with Crippen LogP contribution in [-0.4, -0.2) is 4.98 Å². The fraction of sp³-hybridized carbons (Fsp3) is 0. The highest BCUT2D eigenvalue weighted by Gasteiger charge is 2.08. The Bertz CT molecular complexity index is 576. The number of H-pyrrole nitrogens is 1. The van der Waals surface area contributed by atoms with Crippen molar-refractivity contribution in [1.29, 1.82) is 0 Å². The van der Waals surface area contributed by atoms with Crippen molar-refractivity contribution in [2.45, 2.75) is 0 Å². The van der Waals surface area contributed by atoms with Gasteiger partial charge in [0.2, 0.25) is 5.88 Å². The van der Waals surface area contributed by atoms with Gasteiger partial charge in [-0.05, 0) is 24.3 Å². The summed E-state index contributed by atoms with van der Waals surface area (Å²) >= 11 is 0. The Morgan fingerprint density at radius 3 is 1.84 bits per heavy atom. The molecule has 0 aliphatic rings. The summed E-state index contributed by atoms with van der Waals surface area (Å²) in [5, 5.41) is 0. The minimum Gasteiger partial charge on any atom is -0.452 e. The Morgan fingerprint density at radius 1 is 0.632 bits per heavy atom. The third-order valence-corrected chi connectivity index (χ3v) is 2.61. The van der Waals surface area contributed by atoms with E-state index in [1.165, 1.54) is 0 Å². The molecule has 0 bridgehead atoms. The predicted molar refractivity (Wildman–Crippen MR) is 73.8 cm³/mol. The first-order valence-corrected chi connectivity index (χ1v) is 6.05. The van der Waals surface area contributed by atoms with Crippen LogP contribution in [-0.2, 0) is 0 Å². The zero-order valence-electron chi connectivity index (χ0n) is 10.2. The molecular weight excluding hydrogens is 238 g/mol. The van der Waals surface area contributed by atoms with Gasteiger partial charge in [-0.2, -0.15) is 0 Å². The van der Waals surface area contributed by atoms with E-state index >= 15 is 0 Å². The lowest BCUT2D eigenvalue weighted by molar-refractivity contribution is 0.411. The van der Waals surface area contributed by atoms with Crippen molar-refractivity contribution < 1.29 is 9.47 Å². The molecule has 3 heteroatoms. The molecule has 0 spiro atoms. The van der Waals surface area contributed by atoms with E-state index in [2.05, 4.69) is 4.98 Å². The second-order valence-electron chi connectivity index (χ2n) is 4.00. The zero-order chi connectivity index (χ0) is 12.9. The smallest absolute Gasteiger partial charge is 0.240 e. The normalized spacial score (nSPS) is 10.1. The van der Waals surface area contributed by atoms with Crippen molar-refractivity contribution in [2.24, 2.45) is 0 Å². The lowest BCUT2D eigenvalue weighted by Crippen LogP contribution is -1.88. The largest absolute Gasteiger partial charge is 0.452 e. The van der Waals surface area contributed by atoms with E-state index in [0.29, 0.717) is 11.6 Å². The van der Waals surface area contributed by atoms with Crippen LogP contribution in [0.5, 0.6) is 23.1 Å². The second kappa shape index (κ2) is 5.31. The topological polar surface area (TPSA) is 34.2 Å². The average molecular weight is 251 g/mol. The number of rotatable bonds is 4. The standard InChI is InChI=1S/C16H13NO2/c1-3-7-13(8-4-1)18-15-11-12-17-16(15)19-14-9-5-2-6-10-14/h1-12,17H. The molecule has 1 heterocycles. The molecule has 0 unspecified atom stereocenters. The molecule has 2 aromatic carbocycles. The molecule has 0 aliphatic carbocycles. The number of hydrogen-bond donors (Lipinski definition) is 1. The van der Waals surface area contributed by atoms with Crippen LogP contribution in [0, 0.1) is 0 Å². The Labute approximate surface area is 111 Å². The first-order chi connectivity index (χ1) is 9.42. The highest BCUT2D eigenvalue weighted by atomic mass is 16.5. The summed E-state index contributed by atoms with van der Waals surface area (Å²) < 4.78 is 11.5. The number of hydrogen-bond acceptors (Lipinski definition) is 2. The van der Waals surface area contributed by atoms with Crippen LogP contribution >= 0.6 is 0 Å². The molecule has 1 aromatic heterocycles. The molecule has 3 nitrogen and oxygen atoms in total. The monoisotopic (exact) mass is 251 g/mol. The lowest BCUT2D eigenvalue weighted by atomic mass is 10.3. The van der Waals surface area contributed by atoms with Crippen molar-refractivity contribution in [3.8, 4) is 23.1 Å². The molecular formula is C16H13NO2. The van der Waals surface area contributed by atoms with E-state index in [0.717, 1.165) is 11.5 Å². The lowest BCUT2D eigenvalue weighted by Gasteiger charge is -2.07. The van der Waals surface area contributed by atoms with Crippen LogP contribution in [0.15, 0.2) is 72.9 Å². The molecule has 0 aliphatic heterocycles. The summed E-state index contributed by atoms with van der Waals surface area (Å²) in [4.78, 5) is 3.03. The maximum absolute atomic E-state index is 5.77. The van der Waals surface area contributed by atoms with Crippen LogP contribution in [0.25, 0.3) is 0 Å². The van der Waals surface area contributed by atoms with E-state index < -0.39 is 0 Å². The van der Waals surface area contributed by atoms with Gasteiger partial charge in [0.1, 0.15) is 11.5 Å². The van der Waals surface area contributed by atoms with Gasteiger partial charge in [0.15, 0.2) is 5.75 Å². The van der Waals surface area contributed by atoms with Crippen molar-refractivity contribution in [2.75, 3.05) is 0 Å². The first-order valence-electron chi connectivity index (χ1n) is 6.05. The minimum absolute atomic E-state index is 0.593. The van der Waals surface area contributed by atoms with Crippen LogP contribution in [0.1, 0.15) is 0 Å².